The zero-order valence-electron chi connectivity index (χ0n) is 9.54. The van der Waals surface area contributed by atoms with Crippen LogP contribution in [0.3, 0.4) is 0 Å². The molecule has 0 saturated heterocycles. The first-order chi connectivity index (χ1) is 7.26. The molecule has 0 radical (unpaired) electrons. The fourth-order valence-corrected chi connectivity index (χ4v) is 2.05. The molecular formula is C12H19BrN2. The molecule has 0 bridgehead atoms. The average Bonchev–Trinajstić information content (AvgIpc) is 2.18. The lowest BCUT2D eigenvalue weighted by Gasteiger charge is -2.20. The minimum Gasteiger partial charge on any atom is -0.298 e. The van der Waals surface area contributed by atoms with Crippen molar-refractivity contribution >= 4 is 15.9 Å². The Labute approximate surface area is 101 Å². The Morgan fingerprint density at radius 1 is 1.20 bits per heavy atom. The summed E-state index contributed by atoms with van der Waals surface area (Å²) in [6.45, 7) is 7.71. The summed E-state index contributed by atoms with van der Waals surface area (Å²) < 4.78 is 0.924. The highest BCUT2D eigenvalue weighted by molar-refractivity contribution is 9.10. The van der Waals surface area contributed by atoms with E-state index in [-0.39, 0.29) is 0 Å². The molecule has 0 unspecified atom stereocenters. The van der Waals surface area contributed by atoms with Crippen LogP contribution in [-0.2, 0) is 6.54 Å². The molecule has 0 spiro atoms. The molecular weight excluding hydrogens is 252 g/mol. The zero-order valence-corrected chi connectivity index (χ0v) is 11.1. The van der Waals surface area contributed by atoms with E-state index in [1.54, 1.807) is 0 Å². The highest BCUT2D eigenvalue weighted by Gasteiger charge is 2.04. The number of pyridine rings is 1. The van der Waals surface area contributed by atoms with Crippen LogP contribution in [0.15, 0.2) is 22.8 Å². The zero-order chi connectivity index (χ0) is 11.1. The molecule has 1 aromatic heterocycles. The number of nitrogens with zero attached hydrogens (tertiary/aromatic N) is 2. The lowest BCUT2D eigenvalue weighted by molar-refractivity contribution is 0.263. The molecule has 0 amide bonds. The van der Waals surface area contributed by atoms with Gasteiger partial charge >= 0.3 is 0 Å². The van der Waals surface area contributed by atoms with Crippen LogP contribution in [0, 0.1) is 0 Å². The molecule has 15 heavy (non-hydrogen) atoms. The summed E-state index contributed by atoms with van der Waals surface area (Å²) >= 11 is 3.40. The summed E-state index contributed by atoms with van der Waals surface area (Å²) in [5.74, 6) is 0. The van der Waals surface area contributed by atoms with E-state index in [4.69, 9.17) is 0 Å². The smallest absolute Gasteiger partial charge is 0.106 e. The van der Waals surface area contributed by atoms with E-state index >= 15 is 0 Å². The van der Waals surface area contributed by atoms with Gasteiger partial charge in [0.2, 0.25) is 0 Å². The van der Waals surface area contributed by atoms with Crippen molar-refractivity contribution in [3.63, 3.8) is 0 Å². The van der Waals surface area contributed by atoms with Gasteiger partial charge in [-0.15, -0.1) is 0 Å². The van der Waals surface area contributed by atoms with Gasteiger partial charge in [-0.25, -0.2) is 4.98 Å². The first-order valence-corrected chi connectivity index (χ1v) is 6.39. The van der Waals surface area contributed by atoms with E-state index in [0.29, 0.717) is 0 Å². The van der Waals surface area contributed by atoms with Gasteiger partial charge in [0.25, 0.3) is 0 Å². The van der Waals surface area contributed by atoms with Crippen LogP contribution in [0.5, 0.6) is 0 Å². The summed E-state index contributed by atoms with van der Waals surface area (Å²) in [4.78, 5) is 6.91. The monoisotopic (exact) mass is 270 g/mol. The molecule has 0 fully saturated rings. The van der Waals surface area contributed by atoms with Crippen LogP contribution in [0.4, 0.5) is 0 Å². The fourth-order valence-electron chi connectivity index (χ4n) is 1.67. The lowest BCUT2D eigenvalue weighted by Crippen LogP contribution is -2.25. The van der Waals surface area contributed by atoms with E-state index in [1.165, 1.54) is 12.8 Å². The molecule has 1 heterocycles. The summed E-state index contributed by atoms with van der Waals surface area (Å²) in [6.07, 6.45) is 2.40. The predicted molar refractivity (Wildman–Crippen MR) is 67.8 cm³/mol. The Morgan fingerprint density at radius 3 is 2.40 bits per heavy atom. The van der Waals surface area contributed by atoms with Crippen LogP contribution in [-0.4, -0.2) is 23.0 Å². The second-order valence-electron chi connectivity index (χ2n) is 3.73. The van der Waals surface area contributed by atoms with Gasteiger partial charge in [0.15, 0.2) is 0 Å². The standard InChI is InChI=1S/C12H19BrN2/c1-3-8-15(9-4-2)10-11-6-5-7-12(13)14-11/h5-7H,3-4,8-10H2,1-2H3. The second kappa shape index (κ2) is 6.96. The van der Waals surface area contributed by atoms with Gasteiger partial charge in [-0.2, -0.15) is 0 Å². The molecule has 0 N–H and O–H groups in total. The summed E-state index contributed by atoms with van der Waals surface area (Å²) in [7, 11) is 0. The van der Waals surface area contributed by atoms with Gasteiger partial charge in [0.05, 0.1) is 5.69 Å². The van der Waals surface area contributed by atoms with Crippen LogP contribution < -0.4 is 0 Å². The number of halogens is 1. The highest BCUT2D eigenvalue weighted by atomic mass is 79.9. The van der Waals surface area contributed by atoms with Gasteiger partial charge in [-0.1, -0.05) is 19.9 Å². The van der Waals surface area contributed by atoms with Crippen molar-refractivity contribution in [1.82, 2.24) is 9.88 Å². The van der Waals surface area contributed by atoms with E-state index in [2.05, 4.69) is 45.7 Å². The number of hydrogen-bond acceptors (Lipinski definition) is 2. The van der Waals surface area contributed by atoms with Crippen molar-refractivity contribution in [3.8, 4) is 0 Å². The molecule has 2 nitrogen and oxygen atoms in total. The van der Waals surface area contributed by atoms with E-state index < -0.39 is 0 Å². The largest absolute Gasteiger partial charge is 0.298 e. The number of hydrogen-bond donors (Lipinski definition) is 0. The highest BCUT2D eigenvalue weighted by Crippen LogP contribution is 2.09. The Bertz CT molecular complexity index is 283. The van der Waals surface area contributed by atoms with Crippen LogP contribution in [0.1, 0.15) is 32.4 Å². The van der Waals surface area contributed by atoms with Crippen molar-refractivity contribution < 1.29 is 0 Å². The third kappa shape index (κ3) is 4.76. The first kappa shape index (κ1) is 12.7. The predicted octanol–water partition coefficient (Wildman–Crippen LogP) is 3.47. The second-order valence-corrected chi connectivity index (χ2v) is 4.54. The van der Waals surface area contributed by atoms with E-state index in [0.717, 1.165) is 29.9 Å². The molecule has 0 aliphatic carbocycles. The van der Waals surface area contributed by atoms with Crippen LogP contribution in [0.25, 0.3) is 0 Å². The maximum absolute atomic E-state index is 4.45. The van der Waals surface area contributed by atoms with Gasteiger partial charge in [-0.05, 0) is 54.0 Å². The van der Waals surface area contributed by atoms with Crippen molar-refractivity contribution in [3.05, 3.63) is 28.5 Å². The van der Waals surface area contributed by atoms with Gasteiger partial charge in [0, 0.05) is 6.54 Å². The molecule has 0 saturated carbocycles. The Morgan fingerprint density at radius 2 is 1.87 bits per heavy atom. The molecule has 1 aromatic rings. The summed E-state index contributed by atoms with van der Waals surface area (Å²) in [6, 6.07) is 6.10. The molecule has 84 valence electrons. The van der Waals surface area contributed by atoms with Crippen molar-refractivity contribution in [1.29, 1.82) is 0 Å². The third-order valence-corrected chi connectivity index (χ3v) is 2.68. The summed E-state index contributed by atoms with van der Waals surface area (Å²) in [5, 5.41) is 0. The quantitative estimate of drug-likeness (QED) is 0.736. The van der Waals surface area contributed by atoms with Crippen molar-refractivity contribution in [2.24, 2.45) is 0 Å². The van der Waals surface area contributed by atoms with Gasteiger partial charge < -0.3 is 0 Å². The van der Waals surface area contributed by atoms with Crippen LogP contribution in [0.2, 0.25) is 0 Å². The first-order valence-electron chi connectivity index (χ1n) is 5.60. The molecule has 3 heteroatoms. The normalized spacial score (nSPS) is 10.9. The lowest BCUT2D eigenvalue weighted by atomic mass is 10.3. The fraction of sp³-hybridized carbons (Fsp3) is 0.583. The molecule has 0 aromatic carbocycles. The molecule has 0 atom stereocenters. The Hall–Kier alpha value is -0.410. The average molecular weight is 271 g/mol. The van der Waals surface area contributed by atoms with Gasteiger partial charge in [-0.3, -0.25) is 4.90 Å². The maximum atomic E-state index is 4.45. The minimum absolute atomic E-state index is 0.924. The van der Waals surface area contributed by atoms with E-state index in [9.17, 15) is 0 Å². The van der Waals surface area contributed by atoms with E-state index in [1.807, 2.05) is 12.1 Å². The Kier molecular flexibility index (Phi) is 5.88. The number of rotatable bonds is 6. The summed E-state index contributed by atoms with van der Waals surface area (Å²) in [5.41, 5.74) is 1.14. The SMILES string of the molecule is CCCN(CCC)Cc1cccc(Br)n1. The van der Waals surface area contributed by atoms with Crippen LogP contribution >= 0.6 is 15.9 Å². The number of aromatic nitrogens is 1. The molecule has 0 aliphatic heterocycles. The maximum Gasteiger partial charge on any atom is 0.106 e. The van der Waals surface area contributed by atoms with Gasteiger partial charge in [0.1, 0.15) is 4.60 Å². The topological polar surface area (TPSA) is 16.1 Å². The molecule has 0 aliphatic rings. The third-order valence-electron chi connectivity index (χ3n) is 2.24. The van der Waals surface area contributed by atoms with Crippen molar-refractivity contribution in [2.75, 3.05) is 13.1 Å². The minimum atomic E-state index is 0.924. The molecule has 1 rings (SSSR count). The Balaban J connectivity index is 2.56. The van der Waals surface area contributed by atoms with Crippen molar-refractivity contribution in [2.45, 2.75) is 33.2 Å².